The van der Waals surface area contributed by atoms with Crippen LogP contribution in [0.2, 0.25) is 0 Å². The van der Waals surface area contributed by atoms with Gasteiger partial charge in [0, 0.05) is 23.2 Å². The summed E-state index contributed by atoms with van der Waals surface area (Å²) in [5.74, 6) is 0.0212. The van der Waals surface area contributed by atoms with Crippen molar-refractivity contribution in [1.82, 2.24) is 15.3 Å². The Balaban J connectivity index is 2.31. The predicted octanol–water partition coefficient (Wildman–Crippen LogP) is 3.97. The van der Waals surface area contributed by atoms with Crippen LogP contribution in [-0.4, -0.2) is 16.5 Å². The maximum Gasteiger partial charge on any atom is 0.151 e. The number of rotatable bonds is 6. The molecule has 0 aliphatic carbocycles. The first kappa shape index (κ1) is 15.1. The molecule has 0 bridgehead atoms. The lowest BCUT2D eigenvalue weighted by Gasteiger charge is -2.05. The van der Waals surface area contributed by atoms with Crippen molar-refractivity contribution in [2.45, 2.75) is 39.7 Å². The maximum absolute atomic E-state index is 13.8. The highest BCUT2D eigenvalue weighted by atomic mass is 32.1. The number of hydrogen-bond donors (Lipinski definition) is 1. The maximum atomic E-state index is 13.8. The van der Waals surface area contributed by atoms with Gasteiger partial charge in [-0.15, -0.1) is 11.3 Å². The average Bonchev–Trinajstić information content (AvgIpc) is 2.84. The minimum Gasteiger partial charge on any atom is -0.312 e. The fraction of sp³-hybridized carbons (Fsp3) is 0.467. The number of halogens is 1. The topological polar surface area (TPSA) is 37.8 Å². The molecule has 0 aromatic carbocycles. The van der Waals surface area contributed by atoms with Gasteiger partial charge in [0.05, 0.1) is 11.9 Å². The smallest absolute Gasteiger partial charge is 0.151 e. The Morgan fingerprint density at radius 2 is 2.20 bits per heavy atom. The van der Waals surface area contributed by atoms with E-state index in [9.17, 15) is 4.39 Å². The minimum atomic E-state index is -0.315. The first-order chi connectivity index (χ1) is 9.63. The Morgan fingerprint density at radius 3 is 2.85 bits per heavy atom. The van der Waals surface area contributed by atoms with Crippen molar-refractivity contribution in [2.75, 3.05) is 6.54 Å². The number of pyridine rings is 1. The molecule has 0 aliphatic heterocycles. The molecule has 5 heteroatoms. The van der Waals surface area contributed by atoms with Gasteiger partial charge in [0.15, 0.2) is 5.82 Å². The molecular weight excluding hydrogens is 273 g/mol. The molecule has 2 rings (SSSR count). The lowest BCUT2D eigenvalue weighted by atomic mass is 10.1. The van der Waals surface area contributed by atoms with Crippen LogP contribution in [0.1, 0.15) is 43.7 Å². The largest absolute Gasteiger partial charge is 0.312 e. The van der Waals surface area contributed by atoms with Gasteiger partial charge < -0.3 is 5.32 Å². The van der Waals surface area contributed by atoms with Crippen LogP contribution in [0.15, 0.2) is 18.5 Å². The fourth-order valence-corrected chi connectivity index (χ4v) is 3.20. The molecule has 0 aliphatic rings. The Hall–Kier alpha value is -1.33. The molecule has 0 saturated heterocycles. The molecule has 0 saturated carbocycles. The van der Waals surface area contributed by atoms with Gasteiger partial charge in [-0.05, 0) is 24.9 Å². The molecule has 108 valence electrons. The second-order valence-corrected chi connectivity index (χ2v) is 6.10. The van der Waals surface area contributed by atoms with E-state index < -0.39 is 0 Å². The quantitative estimate of drug-likeness (QED) is 0.819. The van der Waals surface area contributed by atoms with Gasteiger partial charge in [-0.1, -0.05) is 20.8 Å². The monoisotopic (exact) mass is 293 g/mol. The van der Waals surface area contributed by atoms with E-state index in [4.69, 9.17) is 0 Å². The molecule has 2 aromatic rings. The molecule has 0 radical (unpaired) electrons. The van der Waals surface area contributed by atoms with E-state index in [1.807, 2.05) is 0 Å². The summed E-state index contributed by atoms with van der Waals surface area (Å²) in [6, 6.07) is 1.68. The van der Waals surface area contributed by atoms with Crippen LogP contribution in [0, 0.1) is 5.82 Å². The zero-order valence-corrected chi connectivity index (χ0v) is 12.9. The summed E-state index contributed by atoms with van der Waals surface area (Å²) in [5, 5.41) is 4.13. The summed E-state index contributed by atoms with van der Waals surface area (Å²) < 4.78 is 13.8. The van der Waals surface area contributed by atoms with Gasteiger partial charge in [-0.25, -0.2) is 9.37 Å². The Labute approximate surface area is 123 Å². The molecule has 0 unspecified atom stereocenters. The van der Waals surface area contributed by atoms with Gasteiger partial charge in [-0.3, -0.25) is 4.98 Å². The Bertz CT molecular complexity index is 566. The van der Waals surface area contributed by atoms with Crippen molar-refractivity contribution in [3.8, 4) is 10.6 Å². The highest BCUT2D eigenvalue weighted by Gasteiger charge is 2.16. The van der Waals surface area contributed by atoms with Crippen LogP contribution in [0.4, 0.5) is 4.39 Å². The van der Waals surface area contributed by atoms with Gasteiger partial charge >= 0.3 is 0 Å². The number of aromatic nitrogens is 2. The highest BCUT2D eigenvalue weighted by Crippen LogP contribution is 2.32. The zero-order valence-electron chi connectivity index (χ0n) is 12.1. The predicted molar refractivity (Wildman–Crippen MR) is 81.4 cm³/mol. The standard InChI is InChI=1S/C15H20FN3S/c1-4-6-17-9-13-14(10(2)3)19-15(20-13)11-5-7-18-8-12(11)16/h5,7-8,10,17H,4,6,9H2,1-3H3. The number of thiazole rings is 1. The molecule has 1 N–H and O–H groups in total. The van der Waals surface area contributed by atoms with E-state index in [-0.39, 0.29) is 5.82 Å². The third-order valence-corrected chi connectivity index (χ3v) is 4.09. The molecule has 0 amide bonds. The van der Waals surface area contributed by atoms with Crippen molar-refractivity contribution in [3.05, 3.63) is 34.8 Å². The van der Waals surface area contributed by atoms with E-state index in [0.717, 1.165) is 30.2 Å². The van der Waals surface area contributed by atoms with E-state index >= 15 is 0 Å². The molecule has 2 aromatic heterocycles. The molecule has 0 fully saturated rings. The van der Waals surface area contributed by atoms with Crippen molar-refractivity contribution in [1.29, 1.82) is 0 Å². The minimum absolute atomic E-state index is 0.315. The summed E-state index contributed by atoms with van der Waals surface area (Å²) >= 11 is 1.56. The van der Waals surface area contributed by atoms with Gasteiger partial charge in [0.2, 0.25) is 0 Å². The summed E-state index contributed by atoms with van der Waals surface area (Å²) in [4.78, 5) is 9.61. The van der Waals surface area contributed by atoms with Crippen LogP contribution in [-0.2, 0) is 6.54 Å². The lowest BCUT2D eigenvalue weighted by Crippen LogP contribution is -2.14. The molecule has 3 nitrogen and oxygen atoms in total. The Kier molecular flexibility index (Phi) is 5.20. The summed E-state index contributed by atoms with van der Waals surface area (Å²) in [5.41, 5.74) is 1.60. The van der Waals surface area contributed by atoms with E-state index in [2.05, 4.69) is 36.1 Å². The van der Waals surface area contributed by atoms with Gasteiger partial charge in [0.25, 0.3) is 0 Å². The molecule has 0 spiro atoms. The van der Waals surface area contributed by atoms with Crippen LogP contribution in [0.25, 0.3) is 10.6 Å². The summed E-state index contributed by atoms with van der Waals surface area (Å²) in [6.45, 7) is 8.15. The SMILES string of the molecule is CCCNCc1sc(-c2ccncc2F)nc1C(C)C. The number of nitrogens with zero attached hydrogens (tertiary/aromatic N) is 2. The normalized spacial score (nSPS) is 11.2. The van der Waals surface area contributed by atoms with Crippen molar-refractivity contribution in [2.24, 2.45) is 0 Å². The average molecular weight is 293 g/mol. The summed E-state index contributed by atoms with van der Waals surface area (Å²) in [6.07, 6.45) is 3.94. The third kappa shape index (κ3) is 3.41. The first-order valence-corrected chi connectivity index (χ1v) is 7.75. The second kappa shape index (κ2) is 6.90. The van der Waals surface area contributed by atoms with E-state index in [0.29, 0.717) is 11.5 Å². The summed E-state index contributed by atoms with van der Waals surface area (Å²) in [7, 11) is 0. The molecule has 0 atom stereocenters. The third-order valence-electron chi connectivity index (χ3n) is 2.99. The van der Waals surface area contributed by atoms with E-state index in [1.54, 1.807) is 23.6 Å². The van der Waals surface area contributed by atoms with Crippen LogP contribution in [0.5, 0.6) is 0 Å². The molecule has 2 heterocycles. The van der Waals surface area contributed by atoms with Crippen molar-refractivity contribution >= 4 is 11.3 Å². The molecular formula is C15H20FN3S. The van der Waals surface area contributed by atoms with Crippen LogP contribution >= 0.6 is 11.3 Å². The van der Waals surface area contributed by atoms with Crippen LogP contribution < -0.4 is 5.32 Å². The van der Waals surface area contributed by atoms with Gasteiger partial charge in [0.1, 0.15) is 5.01 Å². The van der Waals surface area contributed by atoms with Crippen molar-refractivity contribution in [3.63, 3.8) is 0 Å². The lowest BCUT2D eigenvalue weighted by molar-refractivity contribution is 0.624. The zero-order chi connectivity index (χ0) is 14.5. The Morgan fingerprint density at radius 1 is 1.40 bits per heavy atom. The van der Waals surface area contributed by atoms with Crippen molar-refractivity contribution < 1.29 is 4.39 Å². The molecule has 20 heavy (non-hydrogen) atoms. The number of nitrogens with one attached hydrogen (secondary N) is 1. The first-order valence-electron chi connectivity index (χ1n) is 6.93. The fourth-order valence-electron chi connectivity index (χ4n) is 1.98. The van der Waals surface area contributed by atoms with Crippen LogP contribution in [0.3, 0.4) is 0 Å². The van der Waals surface area contributed by atoms with Gasteiger partial charge in [-0.2, -0.15) is 0 Å². The number of hydrogen-bond acceptors (Lipinski definition) is 4. The second-order valence-electron chi connectivity index (χ2n) is 5.01. The highest BCUT2D eigenvalue weighted by molar-refractivity contribution is 7.15. The van der Waals surface area contributed by atoms with E-state index in [1.165, 1.54) is 11.1 Å².